The molecule has 0 saturated heterocycles. The molecular formula is C5H9FN2OSe. The van der Waals surface area contributed by atoms with Crippen LogP contribution in [0, 0.1) is 0 Å². The first kappa shape index (κ1) is 9.59. The summed E-state index contributed by atoms with van der Waals surface area (Å²) >= 11 is 2.35. The van der Waals surface area contributed by atoms with Crippen molar-refractivity contribution in [2.75, 3.05) is 0 Å². The second-order valence-electron chi connectivity index (χ2n) is 1.73. The fraction of sp³-hybridized carbons (Fsp3) is 0.600. The van der Waals surface area contributed by atoms with Crippen LogP contribution in [0.4, 0.5) is 4.39 Å². The number of hydrogen-bond acceptors (Lipinski definition) is 2. The number of alkyl halides is 1. The van der Waals surface area contributed by atoms with Crippen molar-refractivity contribution in [2.24, 2.45) is 5.73 Å². The summed E-state index contributed by atoms with van der Waals surface area (Å²) in [6, 6.07) is 0. The molecule has 0 fully saturated rings. The zero-order chi connectivity index (χ0) is 8.15. The first-order chi connectivity index (χ1) is 4.57. The quantitative estimate of drug-likeness (QED) is 0.592. The van der Waals surface area contributed by atoms with Crippen LogP contribution in [0.25, 0.3) is 0 Å². The molecule has 0 rings (SSSR count). The molecule has 10 heavy (non-hydrogen) atoms. The van der Waals surface area contributed by atoms with Crippen LogP contribution in [0.2, 0.25) is 0 Å². The molecule has 0 spiro atoms. The zero-order valence-electron chi connectivity index (χ0n) is 5.56. The van der Waals surface area contributed by atoms with Gasteiger partial charge in [-0.2, -0.15) is 0 Å². The third kappa shape index (κ3) is 3.58. The van der Waals surface area contributed by atoms with Gasteiger partial charge in [0, 0.05) is 0 Å². The number of nitrogens with two attached hydrogens (primary N) is 1. The van der Waals surface area contributed by atoms with Crippen LogP contribution < -0.4 is 11.1 Å². The van der Waals surface area contributed by atoms with E-state index in [1.54, 1.807) is 6.92 Å². The minimum atomic E-state index is -1.47. The molecule has 0 aliphatic heterocycles. The van der Waals surface area contributed by atoms with Gasteiger partial charge in [0.2, 0.25) is 0 Å². The van der Waals surface area contributed by atoms with Gasteiger partial charge >= 0.3 is 65.9 Å². The molecule has 1 amide bonds. The molecule has 0 aliphatic rings. The molecule has 3 N–H and O–H groups in total. The van der Waals surface area contributed by atoms with Crippen molar-refractivity contribution < 1.29 is 9.18 Å². The van der Waals surface area contributed by atoms with E-state index < -0.39 is 12.1 Å². The average Bonchev–Trinajstić information content (AvgIpc) is 1.85. The molecule has 0 aromatic rings. The molecule has 0 heterocycles. The predicted molar refractivity (Wildman–Crippen MR) is 38.3 cm³/mol. The molecule has 0 saturated carbocycles. The Morgan fingerprint density at radius 2 is 2.40 bits per heavy atom. The van der Waals surface area contributed by atoms with Crippen LogP contribution in [0.1, 0.15) is 13.3 Å². The Morgan fingerprint density at radius 3 is 2.70 bits per heavy atom. The average molecular weight is 211 g/mol. The van der Waals surface area contributed by atoms with Gasteiger partial charge in [-0.15, -0.1) is 0 Å². The SMILES string of the molecule is CCC(F)C(=O)NC(N)=[Se]. The van der Waals surface area contributed by atoms with Crippen molar-refractivity contribution in [2.45, 2.75) is 19.5 Å². The van der Waals surface area contributed by atoms with Gasteiger partial charge in [0.25, 0.3) is 0 Å². The number of amides is 1. The van der Waals surface area contributed by atoms with E-state index in [4.69, 9.17) is 5.73 Å². The topological polar surface area (TPSA) is 55.1 Å². The van der Waals surface area contributed by atoms with Crippen molar-refractivity contribution in [1.29, 1.82) is 0 Å². The number of carbonyl (C=O) groups is 1. The predicted octanol–water partition coefficient (Wildman–Crippen LogP) is -0.935. The van der Waals surface area contributed by atoms with E-state index in [1.165, 1.54) is 0 Å². The van der Waals surface area contributed by atoms with Crippen LogP contribution in [-0.4, -0.2) is 32.3 Å². The van der Waals surface area contributed by atoms with Crippen LogP contribution >= 0.6 is 0 Å². The second kappa shape index (κ2) is 4.41. The monoisotopic (exact) mass is 212 g/mol. The van der Waals surface area contributed by atoms with Crippen LogP contribution in [0.3, 0.4) is 0 Å². The van der Waals surface area contributed by atoms with Crippen molar-refractivity contribution in [1.82, 2.24) is 5.32 Å². The fourth-order valence-electron chi connectivity index (χ4n) is 0.385. The van der Waals surface area contributed by atoms with Crippen molar-refractivity contribution in [3.63, 3.8) is 0 Å². The Bertz CT molecular complexity index is 151. The van der Waals surface area contributed by atoms with Crippen molar-refractivity contribution in [3.05, 3.63) is 0 Å². The number of nitrogens with one attached hydrogen (secondary N) is 1. The van der Waals surface area contributed by atoms with Gasteiger partial charge in [-0.25, -0.2) is 0 Å². The summed E-state index contributed by atoms with van der Waals surface area (Å²) in [4.78, 5) is 10.6. The Morgan fingerprint density at radius 1 is 1.90 bits per heavy atom. The van der Waals surface area contributed by atoms with Gasteiger partial charge in [-0.1, -0.05) is 0 Å². The van der Waals surface area contributed by atoms with E-state index in [1.807, 2.05) is 0 Å². The molecule has 0 aromatic carbocycles. The molecule has 0 aliphatic carbocycles. The summed E-state index contributed by atoms with van der Waals surface area (Å²) in [7, 11) is 0. The van der Waals surface area contributed by atoms with E-state index in [0.29, 0.717) is 0 Å². The summed E-state index contributed by atoms with van der Waals surface area (Å²) in [6.45, 7) is 1.58. The van der Waals surface area contributed by atoms with Gasteiger partial charge in [0.15, 0.2) is 0 Å². The Labute approximate surface area is 66.5 Å². The number of carbonyl (C=O) groups excluding carboxylic acids is 1. The molecule has 58 valence electrons. The van der Waals surface area contributed by atoms with E-state index in [9.17, 15) is 9.18 Å². The first-order valence-electron chi connectivity index (χ1n) is 2.82. The molecule has 5 heteroatoms. The minimum absolute atomic E-state index is 0.0982. The third-order valence-electron chi connectivity index (χ3n) is 0.889. The van der Waals surface area contributed by atoms with Gasteiger partial charge in [0.05, 0.1) is 0 Å². The third-order valence-corrected chi connectivity index (χ3v) is 1.10. The Balaban J connectivity index is 3.73. The van der Waals surface area contributed by atoms with E-state index in [2.05, 4.69) is 20.9 Å². The summed E-state index contributed by atoms with van der Waals surface area (Å²) in [6.07, 6.45) is -1.30. The summed E-state index contributed by atoms with van der Waals surface area (Å²) in [5.41, 5.74) is 5.05. The summed E-state index contributed by atoms with van der Waals surface area (Å²) in [5.74, 6) is -0.696. The maximum absolute atomic E-state index is 12.4. The molecule has 0 radical (unpaired) electrons. The summed E-state index contributed by atoms with van der Waals surface area (Å²) in [5, 5.41) is 2.12. The van der Waals surface area contributed by atoms with Gasteiger partial charge in [0.1, 0.15) is 0 Å². The Hall–Kier alpha value is -0.411. The normalized spacial score (nSPS) is 12.2. The van der Waals surface area contributed by atoms with Crippen LogP contribution in [0.5, 0.6) is 0 Å². The van der Waals surface area contributed by atoms with E-state index in [-0.39, 0.29) is 11.1 Å². The molecule has 1 atom stereocenters. The van der Waals surface area contributed by atoms with Crippen LogP contribution in [0.15, 0.2) is 0 Å². The molecule has 0 bridgehead atoms. The fourth-order valence-corrected chi connectivity index (χ4v) is 0.596. The van der Waals surface area contributed by atoms with Gasteiger partial charge in [-0.3, -0.25) is 0 Å². The Kier molecular flexibility index (Phi) is 4.23. The van der Waals surface area contributed by atoms with Gasteiger partial charge < -0.3 is 0 Å². The standard InChI is InChI=1S/C5H9FN2OSe/c1-2-3(6)4(9)8-5(7)10/h3H,2H2,1H3,(H3,7,8,9,10). The number of rotatable bonds is 3. The molecule has 3 nitrogen and oxygen atoms in total. The van der Waals surface area contributed by atoms with E-state index in [0.717, 1.165) is 0 Å². The summed E-state index contributed by atoms with van der Waals surface area (Å²) < 4.78 is 12.5. The maximum atomic E-state index is 12.4. The number of hydrogen-bond donors (Lipinski definition) is 2. The molecular weight excluding hydrogens is 202 g/mol. The van der Waals surface area contributed by atoms with Gasteiger partial charge in [-0.05, 0) is 0 Å². The van der Waals surface area contributed by atoms with Crippen LogP contribution in [-0.2, 0) is 4.79 Å². The first-order valence-corrected chi connectivity index (χ1v) is 3.68. The van der Waals surface area contributed by atoms with E-state index >= 15 is 0 Å². The second-order valence-corrected chi connectivity index (χ2v) is 2.65. The van der Waals surface area contributed by atoms with Crippen molar-refractivity contribution >= 4 is 26.1 Å². The number of halogens is 1. The zero-order valence-corrected chi connectivity index (χ0v) is 7.27. The molecule has 1 unspecified atom stereocenters. The molecule has 0 aromatic heterocycles. The van der Waals surface area contributed by atoms with Crippen molar-refractivity contribution in [3.8, 4) is 0 Å².